The summed E-state index contributed by atoms with van der Waals surface area (Å²) < 4.78 is 37.1. The highest BCUT2D eigenvalue weighted by molar-refractivity contribution is 5.27. The lowest BCUT2D eigenvalue weighted by atomic mass is 10.1. The van der Waals surface area contributed by atoms with Crippen LogP contribution in [0.4, 0.5) is 13.2 Å². The Hall–Kier alpha value is -1.52. The lowest BCUT2D eigenvalue weighted by Crippen LogP contribution is -2.15. The normalized spacial score (nSPS) is 11.4. The summed E-state index contributed by atoms with van der Waals surface area (Å²) in [5, 5.41) is 0. The summed E-state index contributed by atoms with van der Waals surface area (Å²) in [6.45, 7) is 3.34. The van der Waals surface area contributed by atoms with Crippen molar-refractivity contribution in [3.05, 3.63) is 46.4 Å². The molecule has 0 aromatic carbocycles. The van der Waals surface area contributed by atoms with E-state index in [9.17, 15) is 18.0 Å². The van der Waals surface area contributed by atoms with Gasteiger partial charge in [0.25, 0.3) is 0 Å². The maximum Gasteiger partial charge on any atom is 0.416 e. The highest BCUT2D eigenvalue weighted by Gasteiger charge is 2.33. The minimum absolute atomic E-state index is 0.0205. The number of pyridine rings is 1. The zero-order valence-corrected chi connectivity index (χ0v) is 7.19. The zero-order valence-electron chi connectivity index (χ0n) is 7.19. The molecule has 0 amide bonds. The molecule has 0 fully saturated rings. The summed E-state index contributed by atoms with van der Waals surface area (Å²) in [5.41, 5.74) is -1.64. The van der Waals surface area contributed by atoms with Crippen LogP contribution in [0.15, 0.2) is 29.7 Å². The van der Waals surface area contributed by atoms with Gasteiger partial charge in [0.1, 0.15) is 0 Å². The summed E-state index contributed by atoms with van der Waals surface area (Å²) in [5.74, 6) is 0. The number of hydrogen-bond acceptors (Lipinski definition) is 1. The van der Waals surface area contributed by atoms with Gasteiger partial charge in [0.2, 0.25) is 5.56 Å². The van der Waals surface area contributed by atoms with Crippen LogP contribution in [0.25, 0.3) is 0 Å². The molecule has 0 aliphatic rings. The Bertz CT molecular complexity index is 392. The second-order valence-electron chi connectivity index (χ2n) is 2.73. The van der Waals surface area contributed by atoms with Gasteiger partial charge in [-0.1, -0.05) is 6.08 Å². The SMILES string of the molecule is C=CCc1c[nH]c(=O)cc1C(F)(F)F. The molecule has 0 saturated heterocycles. The summed E-state index contributed by atoms with van der Waals surface area (Å²) >= 11 is 0. The second-order valence-corrected chi connectivity index (χ2v) is 2.73. The van der Waals surface area contributed by atoms with Crippen molar-refractivity contribution in [3.8, 4) is 0 Å². The van der Waals surface area contributed by atoms with Crippen molar-refractivity contribution in [2.45, 2.75) is 12.6 Å². The van der Waals surface area contributed by atoms with Crippen LogP contribution < -0.4 is 5.56 Å². The number of aromatic amines is 1. The van der Waals surface area contributed by atoms with Crippen molar-refractivity contribution in [2.75, 3.05) is 0 Å². The molecular formula is C9H8F3NO. The highest BCUT2D eigenvalue weighted by Crippen LogP contribution is 2.30. The first-order chi connectivity index (χ1) is 6.45. The first-order valence-corrected chi connectivity index (χ1v) is 3.85. The summed E-state index contributed by atoms with van der Waals surface area (Å²) in [6.07, 6.45) is -2.01. The minimum Gasteiger partial charge on any atom is -0.329 e. The third-order valence-corrected chi connectivity index (χ3v) is 1.68. The van der Waals surface area contributed by atoms with Crippen LogP contribution >= 0.6 is 0 Å². The maximum atomic E-state index is 12.4. The van der Waals surface area contributed by atoms with Crippen LogP contribution in [0.2, 0.25) is 0 Å². The molecule has 0 saturated carbocycles. The first kappa shape index (κ1) is 10.6. The van der Waals surface area contributed by atoms with Crippen molar-refractivity contribution < 1.29 is 13.2 Å². The Balaban J connectivity index is 3.29. The minimum atomic E-state index is -4.49. The quantitative estimate of drug-likeness (QED) is 0.733. The molecule has 1 aromatic rings. The number of alkyl halides is 3. The fraction of sp³-hybridized carbons (Fsp3) is 0.222. The Morgan fingerprint density at radius 2 is 2.14 bits per heavy atom. The molecule has 0 unspecified atom stereocenters. The van der Waals surface area contributed by atoms with Gasteiger partial charge in [-0.25, -0.2) is 0 Å². The second kappa shape index (κ2) is 3.69. The monoisotopic (exact) mass is 203 g/mol. The standard InChI is InChI=1S/C9H8F3NO/c1-2-3-6-5-13-8(14)4-7(6)9(10,11)12/h2,4-5H,1,3H2,(H,13,14). The van der Waals surface area contributed by atoms with E-state index in [1.54, 1.807) is 0 Å². The van der Waals surface area contributed by atoms with Crippen molar-refractivity contribution >= 4 is 0 Å². The smallest absolute Gasteiger partial charge is 0.329 e. The van der Waals surface area contributed by atoms with Gasteiger partial charge < -0.3 is 4.98 Å². The third-order valence-electron chi connectivity index (χ3n) is 1.68. The van der Waals surface area contributed by atoms with Crippen LogP contribution in [-0.4, -0.2) is 4.98 Å². The molecule has 0 bridgehead atoms. The Labute approximate surface area is 78.1 Å². The molecule has 0 aliphatic heterocycles. The predicted octanol–water partition coefficient (Wildman–Crippen LogP) is 2.12. The average Bonchev–Trinajstić information content (AvgIpc) is 2.07. The number of halogens is 3. The number of hydrogen-bond donors (Lipinski definition) is 1. The van der Waals surface area contributed by atoms with E-state index in [4.69, 9.17) is 0 Å². The molecule has 0 aliphatic carbocycles. The number of allylic oxidation sites excluding steroid dienone is 1. The predicted molar refractivity (Wildman–Crippen MR) is 46.0 cm³/mol. The Morgan fingerprint density at radius 1 is 1.50 bits per heavy atom. The number of rotatable bonds is 2. The number of aromatic nitrogens is 1. The molecule has 1 heterocycles. The van der Waals surface area contributed by atoms with Crippen LogP contribution in [0.5, 0.6) is 0 Å². The van der Waals surface area contributed by atoms with Gasteiger partial charge in [-0.05, 0) is 12.0 Å². The summed E-state index contributed by atoms with van der Waals surface area (Å²) in [6, 6.07) is 0.554. The topological polar surface area (TPSA) is 32.9 Å². The fourth-order valence-corrected chi connectivity index (χ4v) is 1.09. The molecule has 1 aromatic heterocycles. The van der Waals surface area contributed by atoms with Gasteiger partial charge >= 0.3 is 6.18 Å². The van der Waals surface area contributed by atoms with Crippen LogP contribution in [0.1, 0.15) is 11.1 Å². The van der Waals surface area contributed by atoms with Gasteiger partial charge in [0.15, 0.2) is 0 Å². The molecule has 0 spiro atoms. The lowest BCUT2D eigenvalue weighted by molar-refractivity contribution is -0.138. The molecule has 1 N–H and O–H groups in total. The number of nitrogens with one attached hydrogen (secondary N) is 1. The fourth-order valence-electron chi connectivity index (χ4n) is 1.09. The largest absolute Gasteiger partial charge is 0.416 e. The van der Waals surface area contributed by atoms with Crippen molar-refractivity contribution in [2.24, 2.45) is 0 Å². The van der Waals surface area contributed by atoms with Gasteiger partial charge in [0.05, 0.1) is 5.56 Å². The summed E-state index contributed by atoms with van der Waals surface area (Å²) in [4.78, 5) is 12.9. The maximum absolute atomic E-state index is 12.4. The van der Waals surface area contributed by atoms with E-state index in [0.29, 0.717) is 6.07 Å². The first-order valence-electron chi connectivity index (χ1n) is 3.85. The third kappa shape index (κ3) is 2.25. The molecule has 1 rings (SSSR count). The number of H-pyrrole nitrogens is 1. The Kier molecular flexibility index (Phi) is 2.78. The Morgan fingerprint density at radius 3 is 2.64 bits per heavy atom. The van der Waals surface area contributed by atoms with E-state index >= 15 is 0 Å². The van der Waals surface area contributed by atoms with E-state index in [1.807, 2.05) is 0 Å². The van der Waals surface area contributed by atoms with Crippen molar-refractivity contribution in [1.82, 2.24) is 4.98 Å². The van der Waals surface area contributed by atoms with Crippen molar-refractivity contribution in [3.63, 3.8) is 0 Å². The molecule has 5 heteroatoms. The molecule has 0 radical (unpaired) electrons. The molecule has 14 heavy (non-hydrogen) atoms. The molecule has 0 atom stereocenters. The van der Waals surface area contributed by atoms with Crippen LogP contribution in [0, 0.1) is 0 Å². The van der Waals surface area contributed by atoms with Crippen LogP contribution in [-0.2, 0) is 12.6 Å². The highest BCUT2D eigenvalue weighted by atomic mass is 19.4. The van der Waals surface area contributed by atoms with Gasteiger partial charge in [-0.15, -0.1) is 6.58 Å². The molecule has 76 valence electrons. The molecular weight excluding hydrogens is 195 g/mol. The van der Waals surface area contributed by atoms with Gasteiger partial charge in [-0.2, -0.15) is 13.2 Å². The summed E-state index contributed by atoms with van der Waals surface area (Å²) in [7, 11) is 0. The van der Waals surface area contributed by atoms with Crippen LogP contribution in [0.3, 0.4) is 0 Å². The zero-order chi connectivity index (χ0) is 10.8. The lowest BCUT2D eigenvalue weighted by Gasteiger charge is -2.10. The van der Waals surface area contributed by atoms with E-state index in [2.05, 4.69) is 11.6 Å². The molecule has 2 nitrogen and oxygen atoms in total. The van der Waals surface area contributed by atoms with E-state index in [1.165, 1.54) is 6.08 Å². The van der Waals surface area contributed by atoms with Crippen molar-refractivity contribution in [1.29, 1.82) is 0 Å². The average molecular weight is 203 g/mol. The van der Waals surface area contributed by atoms with E-state index in [0.717, 1.165) is 6.20 Å². The van der Waals surface area contributed by atoms with Gasteiger partial charge in [-0.3, -0.25) is 4.79 Å². The van der Waals surface area contributed by atoms with E-state index in [-0.39, 0.29) is 12.0 Å². The van der Waals surface area contributed by atoms with Gasteiger partial charge in [0, 0.05) is 12.3 Å². The van der Waals surface area contributed by atoms with E-state index < -0.39 is 17.3 Å².